The van der Waals surface area contributed by atoms with Crippen LogP contribution in [0.5, 0.6) is 11.5 Å². The fourth-order valence-corrected chi connectivity index (χ4v) is 4.55. The van der Waals surface area contributed by atoms with Crippen LogP contribution in [-0.2, 0) is 24.4 Å². The molecule has 0 spiro atoms. The molecule has 0 saturated heterocycles. The van der Waals surface area contributed by atoms with E-state index in [2.05, 4.69) is 10.2 Å². The van der Waals surface area contributed by atoms with E-state index in [1.54, 1.807) is 34.7 Å². The number of ether oxygens (including phenoxy) is 2. The van der Waals surface area contributed by atoms with Crippen LogP contribution in [0.1, 0.15) is 29.7 Å². The highest BCUT2D eigenvalue weighted by Gasteiger charge is 2.16. The van der Waals surface area contributed by atoms with Gasteiger partial charge >= 0.3 is 0 Å². The molecule has 0 bridgehead atoms. The molecule has 9 heteroatoms. The fourth-order valence-electron chi connectivity index (χ4n) is 3.30. The number of thiophene rings is 2. The van der Waals surface area contributed by atoms with Gasteiger partial charge in [0.2, 0.25) is 17.7 Å². The second kappa shape index (κ2) is 11.1. The number of aryl methyl sites for hydroxylation is 1. The van der Waals surface area contributed by atoms with Crippen LogP contribution in [0.4, 0.5) is 0 Å². The van der Waals surface area contributed by atoms with E-state index in [4.69, 9.17) is 13.9 Å². The zero-order valence-electron chi connectivity index (χ0n) is 18.5. The van der Waals surface area contributed by atoms with Gasteiger partial charge in [0.05, 0.1) is 7.11 Å². The first-order chi connectivity index (χ1) is 16.2. The lowest BCUT2D eigenvalue weighted by Crippen LogP contribution is -2.30. The number of carbonyl (C=O) groups excluding carboxylic acids is 1. The molecule has 33 heavy (non-hydrogen) atoms. The largest absolute Gasteiger partial charge is 0.493 e. The topological polar surface area (TPSA) is 77.7 Å². The van der Waals surface area contributed by atoms with Gasteiger partial charge in [-0.1, -0.05) is 12.1 Å². The van der Waals surface area contributed by atoms with Crippen molar-refractivity contribution < 1.29 is 18.7 Å². The molecular formula is C24H25N3O4S2. The summed E-state index contributed by atoms with van der Waals surface area (Å²) in [5.41, 5.74) is 1.88. The van der Waals surface area contributed by atoms with Crippen LogP contribution in [0.25, 0.3) is 11.5 Å². The summed E-state index contributed by atoms with van der Waals surface area (Å²) in [6, 6.07) is 11.7. The molecule has 0 atom stereocenters. The number of rotatable bonds is 11. The van der Waals surface area contributed by atoms with E-state index < -0.39 is 0 Å². The summed E-state index contributed by atoms with van der Waals surface area (Å²) < 4.78 is 17.1. The lowest BCUT2D eigenvalue weighted by atomic mass is 10.1. The number of carbonyl (C=O) groups is 1. The first kappa shape index (κ1) is 23.0. The maximum absolute atomic E-state index is 12.8. The zero-order chi connectivity index (χ0) is 23.0. The Balaban J connectivity index is 1.34. The Bertz CT molecular complexity index is 1160. The maximum atomic E-state index is 12.8. The molecule has 0 fully saturated rings. The predicted molar refractivity (Wildman–Crippen MR) is 129 cm³/mol. The Morgan fingerprint density at radius 1 is 1.15 bits per heavy atom. The first-order valence-electron chi connectivity index (χ1n) is 10.6. The number of benzene rings is 1. The number of amides is 1. The number of nitrogens with zero attached hydrogens (tertiary/aromatic N) is 3. The number of methoxy groups -OCH3 is 1. The van der Waals surface area contributed by atoms with Crippen molar-refractivity contribution in [2.24, 2.45) is 0 Å². The normalized spacial score (nSPS) is 10.8. The van der Waals surface area contributed by atoms with Crippen molar-refractivity contribution >= 4 is 28.6 Å². The van der Waals surface area contributed by atoms with Gasteiger partial charge in [0.25, 0.3) is 0 Å². The molecule has 3 heterocycles. The van der Waals surface area contributed by atoms with Crippen molar-refractivity contribution in [2.45, 2.75) is 32.9 Å². The quantitative estimate of drug-likeness (QED) is 0.283. The van der Waals surface area contributed by atoms with E-state index in [0.29, 0.717) is 55.8 Å². The molecule has 4 rings (SSSR count). The summed E-state index contributed by atoms with van der Waals surface area (Å²) in [4.78, 5) is 15.8. The Hall–Kier alpha value is -3.17. The molecule has 3 aromatic heterocycles. The van der Waals surface area contributed by atoms with Gasteiger partial charge in [0, 0.05) is 41.8 Å². The molecule has 0 radical (unpaired) electrons. The third kappa shape index (κ3) is 6.00. The third-order valence-corrected chi connectivity index (χ3v) is 6.61. The summed E-state index contributed by atoms with van der Waals surface area (Å²) in [5, 5.41) is 14.1. The molecular weight excluding hydrogens is 458 g/mol. The zero-order valence-corrected chi connectivity index (χ0v) is 20.2. The van der Waals surface area contributed by atoms with Crippen molar-refractivity contribution in [2.75, 3.05) is 13.7 Å². The minimum Gasteiger partial charge on any atom is -0.493 e. The summed E-state index contributed by atoms with van der Waals surface area (Å²) in [5.74, 6) is 2.32. The van der Waals surface area contributed by atoms with Gasteiger partial charge in [-0.05, 0) is 47.5 Å². The second-order valence-electron chi connectivity index (χ2n) is 7.27. The van der Waals surface area contributed by atoms with Gasteiger partial charge in [-0.3, -0.25) is 4.79 Å². The molecule has 0 saturated carbocycles. The molecule has 0 aliphatic rings. The van der Waals surface area contributed by atoms with E-state index in [1.807, 2.05) is 59.5 Å². The average molecular weight is 484 g/mol. The summed E-state index contributed by atoms with van der Waals surface area (Å²) in [7, 11) is 1.62. The SMILES string of the molecule is CCN(Cc1ccc(OCc2cccs2)c(OC)c1)C(=O)CCc1nnc(-c2ccsc2)o1. The van der Waals surface area contributed by atoms with E-state index in [0.717, 1.165) is 16.0 Å². The second-order valence-corrected chi connectivity index (χ2v) is 9.09. The number of hydrogen-bond acceptors (Lipinski definition) is 8. The van der Waals surface area contributed by atoms with Crippen molar-refractivity contribution in [1.82, 2.24) is 15.1 Å². The highest BCUT2D eigenvalue weighted by Crippen LogP contribution is 2.30. The van der Waals surface area contributed by atoms with Crippen molar-refractivity contribution in [3.05, 3.63) is 68.9 Å². The lowest BCUT2D eigenvalue weighted by molar-refractivity contribution is -0.131. The smallest absolute Gasteiger partial charge is 0.248 e. The lowest BCUT2D eigenvalue weighted by Gasteiger charge is -2.21. The Morgan fingerprint density at radius 2 is 2.06 bits per heavy atom. The van der Waals surface area contributed by atoms with Crippen molar-refractivity contribution in [1.29, 1.82) is 0 Å². The van der Waals surface area contributed by atoms with Crippen LogP contribution in [0.3, 0.4) is 0 Å². The monoisotopic (exact) mass is 483 g/mol. The molecule has 0 aliphatic carbocycles. The highest BCUT2D eigenvalue weighted by atomic mass is 32.1. The number of aromatic nitrogens is 2. The molecule has 172 valence electrons. The minimum absolute atomic E-state index is 0.0322. The fraction of sp³-hybridized carbons (Fsp3) is 0.292. The van der Waals surface area contributed by atoms with Gasteiger partial charge in [0.15, 0.2) is 11.5 Å². The van der Waals surface area contributed by atoms with Crippen LogP contribution in [0.2, 0.25) is 0 Å². The highest BCUT2D eigenvalue weighted by molar-refractivity contribution is 7.09. The average Bonchev–Trinajstić information content (AvgIpc) is 3.62. The van der Waals surface area contributed by atoms with Crippen molar-refractivity contribution in [3.63, 3.8) is 0 Å². The summed E-state index contributed by atoms with van der Waals surface area (Å²) >= 11 is 3.22. The Labute approximate surface area is 200 Å². The van der Waals surface area contributed by atoms with Crippen molar-refractivity contribution in [3.8, 4) is 23.0 Å². The third-order valence-electron chi connectivity index (χ3n) is 5.07. The van der Waals surface area contributed by atoms with Crippen LogP contribution < -0.4 is 9.47 Å². The maximum Gasteiger partial charge on any atom is 0.248 e. The Morgan fingerprint density at radius 3 is 2.79 bits per heavy atom. The minimum atomic E-state index is 0.0322. The van der Waals surface area contributed by atoms with Crippen LogP contribution in [0.15, 0.2) is 57.0 Å². The molecule has 0 aliphatic heterocycles. The summed E-state index contributed by atoms with van der Waals surface area (Å²) in [6.07, 6.45) is 0.712. The van der Waals surface area contributed by atoms with Gasteiger partial charge in [0.1, 0.15) is 6.61 Å². The van der Waals surface area contributed by atoms with E-state index in [1.165, 1.54) is 0 Å². The predicted octanol–water partition coefficient (Wildman–Crippen LogP) is 5.43. The van der Waals surface area contributed by atoms with Gasteiger partial charge < -0.3 is 18.8 Å². The standard InChI is InChI=1S/C24H25N3O4S2/c1-3-27(23(28)9-8-22-25-26-24(31-22)18-10-12-32-16-18)14-17-6-7-20(21(13-17)29-2)30-15-19-5-4-11-33-19/h4-7,10-13,16H,3,8-9,14-15H2,1-2H3. The Kier molecular flexibility index (Phi) is 7.74. The van der Waals surface area contributed by atoms with E-state index in [9.17, 15) is 4.79 Å². The molecule has 4 aromatic rings. The molecule has 0 unspecified atom stereocenters. The van der Waals surface area contributed by atoms with Crippen LogP contribution in [0, 0.1) is 0 Å². The van der Waals surface area contributed by atoms with Crippen LogP contribution in [-0.4, -0.2) is 34.7 Å². The van der Waals surface area contributed by atoms with Gasteiger partial charge in [-0.25, -0.2) is 0 Å². The van der Waals surface area contributed by atoms with E-state index in [-0.39, 0.29) is 5.91 Å². The summed E-state index contributed by atoms with van der Waals surface area (Å²) in [6.45, 7) is 3.55. The molecule has 7 nitrogen and oxygen atoms in total. The first-order valence-corrected chi connectivity index (χ1v) is 12.4. The molecule has 1 aromatic carbocycles. The van der Waals surface area contributed by atoms with E-state index >= 15 is 0 Å². The molecule has 0 N–H and O–H groups in total. The van der Waals surface area contributed by atoms with Gasteiger partial charge in [-0.2, -0.15) is 11.3 Å². The van der Waals surface area contributed by atoms with Gasteiger partial charge in [-0.15, -0.1) is 21.5 Å². The molecule has 1 amide bonds. The number of hydrogen-bond donors (Lipinski definition) is 0. The van der Waals surface area contributed by atoms with Crippen LogP contribution >= 0.6 is 22.7 Å².